The predicted molar refractivity (Wildman–Crippen MR) is 79.0 cm³/mol. The fourth-order valence-corrected chi connectivity index (χ4v) is 2.56. The maximum atomic E-state index is 11.5. The average Bonchev–Trinajstić information content (AvgIpc) is 2.82. The molecule has 100 valence electrons. The number of carbonyl (C=O) groups is 1. The van der Waals surface area contributed by atoms with E-state index in [1.54, 1.807) is 11.3 Å². The standard InChI is InChI=1S/C15H18N2OS/c1-10(2)15(18)16-8-12-4-6-13(7-5-12)14-11(3)17-9-19-14/h4-7,9-10H,8H2,1-3H3,(H,16,18). The fourth-order valence-electron chi connectivity index (χ4n) is 1.75. The molecule has 0 spiro atoms. The number of nitrogens with one attached hydrogen (secondary N) is 1. The minimum atomic E-state index is 0.0270. The normalized spacial score (nSPS) is 10.7. The van der Waals surface area contributed by atoms with Crippen molar-refractivity contribution in [3.05, 3.63) is 41.0 Å². The maximum Gasteiger partial charge on any atom is 0.222 e. The van der Waals surface area contributed by atoms with Crippen molar-refractivity contribution in [3.63, 3.8) is 0 Å². The van der Waals surface area contributed by atoms with Crippen LogP contribution in [0.3, 0.4) is 0 Å². The van der Waals surface area contributed by atoms with Gasteiger partial charge in [0.15, 0.2) is 0 Å². The Balaban J connectivity index is 2.03. The molecule has 0 saturated carbocycles. The van der Waals surface area contributed by atoms with Gasteiger partial charge in [-0.1, -0.05) is 38.1 Å². The molecule has 1 N–H and O–H groups in total. The van der Waals surface area contributed by atoms with E-state index in [-0.39, 0.29) is 11.8 Å². The first kappa shape index (κ1) is 13.7. The van der Waals surface area contributed by atoms with Gasteiger partial charge >= 0.3 is 0 Å². The molecule has 1 amide bonds. The number of aromatic nitrogens is 1. The fraction of sp³-hybridized carbons (Fsp3) is 0.333. The van der Waals surface area contributed by atoms with Gasteiger partial charge in [-0.3, -0.25) is 4.79 Å². The van der Waals surface area contributed by atoms with Crippen LogP contribution in [0.2, 0.25) is 0 Å². The van der Waals surface area contributed by atoms with E-state index in [2.05, 4.69) is 34.6 Å². The number of amides is 1. The number of aryl methyl sites for hydroxylation is 1. The minimum absolute atomic E-state index is 0.0270. The van der Waals surface area contributed by atoms with Gasteiger partial charge in [-0.2, -0.15) is 0 Å². The van der Waals surface area contributed by atoms with E-state index in [1.165, 1.54) is 10.4 Å². The Hall–Kier alpha value is -1.68. The molecule has 19 heavy (non-hydrogen) atoms. The smallest absolute Gasteiger partial charge is 0.222 e. The zero-order valence-corrected chi connectivity index (χ0v) is 12.3. The molecule has 0 aliphatic carbocycles. The van der Waals surface area contributed by atoms with Gasteiger partial charge in [-0.05, 0) is 18.1 Å². The van der Waals surface area contributed by atoms with Gasteiger partial charge in [0.25, 0.3) is 0 Å². The molecule has 0 radical (unpaired) electrons. The summed E-state index contributed by atoms with van der Waals surface area (Å²) in [6.07, 6.45) is 0. The highest BCUT2D eigenvalue weighted by Crippen LogP contribution is 2.27. The van der Waals surface area contributed by atoms with Crippen molar-refractivity contribution in [1.29, 1.82) is 0 Å². The van der Waals surface area contributed by atoms with Gasteiger partial charge in [0.2, 0.25) is 5.91 Å². The molecule has 0 unspecified atom stereocenters. The molecule has 0 aliphatic heterocycles. The summed E-state index contributed by atoms with van der Waals surface area (Å²) in [7, 11) is 0. The highest BCUT2D eigenvalue weighted by molar-refractivity contribution is 7.13. The van der Waals surface area contributed by atoms with Crippen LogP contribution >= 0.6 is 11.3 Å². The van der Waals surface area contributed by atoms with Crippen LogP contribution in [-0.4, -0.2) is 10.9 Å². The average molecular weight is 274 g/mol. The van der Waals surface area contributed by atoms with E-state index in [9.17, 15) is 4.79 Å². The number of hydrogen-bond donors (Lipinski definition) is 1. The third-order valence-corrected chi connectivity index (χ3v) is 3.93. The van der Waals surface area contributed by atoms with Gasteiger partial charge < -0.3 is 5.32 Å². The summed E-state index contributed by atoms with van der Waals surface area (Å²) >= 11 is 1.65. The summed E-state index contributed by atoms with van der Waals surface area (Å²) < 4.78 is 0. The zero-order valence-electron chi connectivity index (χ0n) is 11.4. The largest absolute Gasteiger partial charge is 0.352 e. The second-order valence-electron chi connectivity index (χ2n) is 4.84. The number of carbonyl (C=O) groups excluding carboxylic acids is 1. The molecule has 1 heterocycles. The van der Waals surface area contributed by atoms with Crippen molar-refractivity contribution < 1.29 is 4.79 Å². The molecule has 0 aliphatic rings. The van der Waals surface area contributed by atoms with Crippen LogP contribution in [0.15, 0.2) is 29.8 Å². The minimum Gasteiger partial charge on any atom is -0.352 e. The van der Waals surface area contributed by atoms with Gasteiger partial charge in [0, 0.05) is 12.5 Å². The summed E-state index contributed by atoms with van der Waals surface area (Å²) in [4.78, 5) is 17.0. The lowest BCUT2D eigenvalue weighted by Gasteiger charge is -2.08. The lowest BCUT2D eigenvalue weighted by Crippen LogP contribution is -2.27. The van der Waals surface area contributed by atoms with Gasteiger partial charge in [-0.25, -0.2) is 4.98 Å². The molecule has 0 fully saturated rings. The lowest BCUT2D eigenvalue weighted by molar-refractivity contribution is -0.124. The molecule has 0 atom stereocenters. The lowest BCUT2D eigenvalue weighted by atomic mass is 10.1. The molecule has 1 aromatic carbocycles. The third kappa shape index (κ3) is 3.41. The highest BCUT2D eigenvalue weighted by atomic mass is 32.1. The zero-order chi connectivity index (χ0) is 13.8. The molecule has 0 bridgehead atoms. The van der Waals surface area contributed by atoms with Crippen LogP contribution in [0.1, 0.15) is 25.1 Å². The molecular weight excluding hydrogens is 256 g/mol. The number of thiazole rings is 1. The number of rotatable bonds is 4. The van der Waals surface area contributed by atoms with E-state index in [4.69, 9.17) is 0 Å². The van der Waals surface area contributed by atoms with Crippen molar-refractivity contribution in [2.45, 2.75) is 27.3 Å². The number of nitrogens with zero attached hydrogens (tertiary/aromatic N) is 1. The van der Waals surface area contributed by atoms with Gasteiger partial charge in [-0.15, -0.1) is 11.3 Å². The van der Waals surface area contributed by atoms with Crippen molar-refractivity contribution >= 4 is 17.2 Å². The monoisotopic (exact) mass is 274 g/mol. The Morgan fingerprint density at radius 3 is 2.53 bits per heavy atom. The van der Waals surface area contributed by atoms with Gasteiger partial charge in [0.1, 0.15) is 0 Å². The van der Waals surface area contributed by atoms with E-state index in [0.717, 1.165) is 11.3 Å². The Kier molecular flexibility index (Phi) is 4.32. The molecule has 0 saturated heterocycles. The summed E-state index contributed by atoms with van der Waals surface area (Å²) in [5, 5.41) is 2.92. The van der Waals surface area contributed by atoms with Crippen molar-refractivity contribution in [1.82, 2.24) is 10.3 Å². The summed E-state index contributed by atoms with van der Waals surface area (Å²) in [5.74, 6) is 0.112. The molecule has 1 aromatic heterocycles. The SMILES string of the molecule is Cc1ncsc1-c1ccc(CNC(=O)C(C)C)cc1. The first-order valence-corrected chi connectivity index (χ1v) is 7.23. The first-order valence-electron chi connectivity index (χ1n) is 6.35. The second-order valence-corrected chi connectivity index (χ2v) is 5.69. The van der Waals surface area contributed by atoms with Crippen LogP contribution in [0.5, 0.6) is 0 Å². The van der Waals surface area contributed by atoms with Gasteiger partial charge in [0.05, 0.1) is 16.1 Å². The van der Waals surface area contributed by atoms with E-state index in [1.807, 2.05) is 26.3 Å². The Labute approximate surface area is 117 Å². The Morgan fingerprint density at radius 2 is 2.00 bits per heavy atom. The molecule has 2 aromatic rings. The quantitative estimate of drug-likeness (QED) is 0.928. The first-order chi connectivity index (χ1) is 9.08. The summed E-state index contributed by atoms with van der Waals surface area (Å²) in [6, 6.07) is 8.26. The molecule has 2 rings (SSSR count). The van der Waals surface area contributed by atoms with Crippen LogP contribution in [0.4, 0.5) is 0 Å². The van der Waals surface area contributed by atoms with E-state index < -0.39 is 0 Å². The number of hydrogen-bond acceptors (Lipinski definition) is 3. The van der Waals surface area contributed by atoms with Crippen LogP contribution in [-0.2, 0) is 11.3 Å². The number of benzene rings is 1. The van der Waals surface area contributed by atoms with Crippen LogP contribution in [0, 0.1) is 12.8 Å². The third-order valence-electron chi connectivity index (χ3n) is 2.95. The van der Waals surface area contributed by atoms with Crippen LogP contribution < -0.4 is 5.32 Å². The molecule has 3 nitrogen and oxygen atoms in total. The summed E-state index contributed by atoms with van der Waals surface area (Å²) in [6.45, 7) is 6.39. The highest BCUT2D eigenvalue weighted by Gasteiger charge is 2.07. The Bertz CT molecular complexity index is 558. The Morgan fingerprint density at radius 1 is 1.32 bits per heavy atom. The topological polar surface area (TPSA) is 42.0 Å². The second kappa shape index (κ2) is 5.97. The van der Waals surface area contributed by atoms with E-state index >= 15 is 0 Å². The van der Waals surface area contributed by atoms with Crippen molar-refractivity contribution in [2.75, 3.05) is 0 Å². The van der Waals surface area contributed by atoms with Crippen molar-refractivity contribution in [2.24, 2.45) is 5.92 Å². The van der Waals surface area contributed by atoms with Crippen molar-refractivity contribution in [3.8, 4) is 10.4 Å². The predicted octanol–water partition coefficient (Wildman–Crippen LogP) is 3.39. The summed E-state index contributed by atoms with van der Waals surface area (Å²) in [5.41, 5.74) is 5.21. The van der Waals surface area contributed by atoms with E-state index in [0.29, 0.717) is 6.54 Å². The van der Waals surface area contributed by atoms with Crippen LogP contribution in [0.25, 0.3) is 10.4 Å². The maximum absolute atomic E-state index is 11.5. The molecule has 4 heteroatoms. The molecular formula is C15H18N2OS.